The lowest BCUT2D eigenvalue weighted by molar-refractivity contribution is 0.304. The van der Waals surface area contributed by atoms with E-state index in [1.807, 2.05) is 50.2 Å². The van der Waals surface area contributed by atoms with E-state index in [2.05, 4.69) is 19.2 Å². The van der Waals surface area contributed by atoms with Crippen LogP contribution in [0.25, 0.3) is 0 Å². The topological polar surface area (TPSA) is 21.3 Å². The Morgan fingerprint density at radius 1 is 1.14 bits per heavy atom. The third kappa shape index (κ3) is 6.94. The summed E-state index contributed by atoms with van der Waals surface area (Å²) in [7, 11) is 0. The Morgan fingerprint density at radius 3 is 2.61 bits per heavy atom. The summed E-state index contributed by atoms with van der Waals surface area (Å²) >= 11 is 0. The molecule has 0 radical (unpaired) electrons. The first-order chi connectivity index (χ1) is 13.6. The number of fused-ring (bicyclic) bond motifs is 1. The molecule has 0 fully saturated rings. The van der Waals surface area contributed by atoms with Gasteiger partial charge in [-0.25, -0.2) is 4.39 Å². The Bertz CT molecular complexity index is 699. The number of hydrogen-bond donors (Lipinski definition) is 1. The second-order valence-corrected chi connectivity index (χ2v) is 7.75. The van der Waals surface area contributed by atoms with Crippen molar-refractivity contribution in [2.45, 2.75) is 72.4 Å². The highest BCUT2D eigenvalue weighted by Gasteiger charge is 2.20. The van der Waals surface area contributed by atoms with E-state index in [0.29, 0.717) is 24.3 Å². The number of aryl methyl sites for hydroxylation is 1. The fourth-order valence-corrected chi connectivity index (χ4v) is 3.58. The molecule has 3 heteroatoms. The molecule has 0 aliphatic heterocycles. The van der Waals surface area contributed by atoms with Gasteiger partial charge in [0.2, 0.25) is 0 Å². The Labute approximate surface area is 170 Å². The SMILES string of the molecule is CC.CC(C)CCNC1CCCc2cc(OCc3ccccc3)cc(F)c2C1. The van der Waals surface area contributed by atoms with Crippen LogP contribution in [0.2, 0.25) is 0 Å². The average Bonchev–Trinajstić information content (AvgIpc) is 2.91. The standard InChI is InChI=1S/C23H30FNO.C2H6/c1-17(2)11-12-25-20-10-6-9-19-13-21(15-23(24)22(19)14-20)26-16-18-7-4-3-5-8-18;1-2/h3-5,7-8,13,15,17,20,25H,6,9-12,14,16H2,1-2H3;1-2H3. The summed E-state index contributed by atoms with van der Waals surface area (Å²) < 4.78 is 20.6. The lowest BCUT2D eigenvalue weighted by Crippen LogP contribution is -2.32. The van der Waals surface area contributed by atoms with Crippen molar-refractivity contribution in [2.75, 3.05) is 6.54 Å². The van der Waals surface area contributed by atoms with Gasteiger partial charge in [0, 0.05) is 12.1 Å². The molecule has 0 aromatic heterocycles. The zero-order valence-electron chi connectivity index (χ0n) is 17.9. The van der Waals surface area contributed by atoms with Crippen molar-refractivity contribution in [3.05, 3.63) is 65.0 Å². The molecule has 3 rings (SSSR count). The molecule has 0 spiro atoms. The van der Waals surface area contributed by atoms with E-state index < -0.39 is 0 Å². The number of benzene rings is 2. The van der Waals surface area contributed by atoms with Crippen LogP contribution in [0.4, 0.5) is 4.39 Å². The summed E-state index contributed by atoms with van der Waals surface area (Å²) in [5.74, 6) is 1.21. The lowest BCUT2D eigenvalue weighted by Gasteiger charge is -2.18. The molecule has 0 bridgehead atoms. The number of halogens is 1. The fraction of sp³-hybridized carbons (Fsp3) is 0.520. The van der Waals surface area contributed by atoms with Gasteiger partial charge in [-0.2, -0.15) is 0 Å². The molecule has 0 amide bonds. The van der Waals surface area contributed by atoms with Gasteiger partial charge < -0.3 is 10.1 Å². The molecule has 1 atom stereocenters. The van der Waals surface area contributed by atoms with Crippen molar-refractivity contribution in [1.82, 2.24) is 5.32 Å². The van der Waals surface area contributed by atoms with Gasteiger partial charge in [-0.05, 0) is 67.3 Å². The fourth-order valence-electron chi connectivity index (χ4n) is 3.58. The molecule has 0 heterocycles. The second-order valence-electron chi connectivity index (χ2n) is 7.75. The summed E-state index contributed by atoms with van der Waals surface area (Å²) in [6, 6.07) is 14.0. The van der Waals surface area contributed by atoms with Crippen LogP contribution in [-0.4, -0.2) is 12.6 Å². The van der Waals surface area contributed by atoms with Crippen molar-refractivity contribution in [1.29, 1.82) is 0 Å². The number of ether oxygens (including phenoxy) is 1. The van der Waals surface area contributed by atoms with Crippen molar-refractivity contribution in [2.24, 2.45) is 5.92 Å². The normalized spacial score (nSPS) is 16.0. The minimum Gasteiger partial charge on any atom is -0.489 e. The van der Waals surface area contributed by atoms with Gasteiger partial charge in [-0.3, -0.25) is 0 Å². The molecule has 1 N–H and O–H groups in total. The van der Waals surface area contributed by atoms with Crippen molar-refractivity contribution in [3.63, 3.8) is 0 Å². The smallest absolute Gasteiger partial charge is 0.130 e. The van der Waals surface area contributed by atoms with E-state index in [0.717, 1.165) is 55.3 Å². The molecule has 28 heavy (non-hydrogen) atoms. The molecule has 1 unspecified atom stereocenters. The first-order valence-electron chi connectivity index (χ1n) is 10.8. The third-order valence-corrected chi connectivity index (χ3v) is 5.11. The largest absolute Gasteiger partial charge is 0.489 e. The maximum absolute atomic E-state index is 14.8. The van der Waals surface area contributed by atoms with Crippen LogP contribution in [0, 0.1) is 11.7 Å². The maximum Gasteiger partial charge on any atom is 0.130 e. The van der Waals surface area contributed by atoms with Crippen molar-refractivity contribution >= 4 is 0 Å². The lowest BCUT2D eigenvalue weighted by atomic mass is 10.0. The number of hydrogen-bond acceptors (Lipinski definition) is 2. The minimum atomic E-state index is -0.122. The Kier molecular flexibility index (Phi) is 9.49. The van der Waals surface area contributed by atoms with Gasteiger partial charge in [-0.15, -0.1) is 0 Å². The first kappa shape index (κ1) is 22.4. The molecule has 1 aliphatic carbocycles. The number of nitrogens with one attached hydrogen (secondary N) is 1. The van der Waals surface area contributed by atoms with Crippen LogP contribution < -0.4 is 10.1 Å². The molecule has 2 aromatic carbocycles. The maximum atomic E-state index is 14.8. The van der Waals surface area contributed by atoms with Gasteiger partial charge in [0.25, 0.3) is 0 Å². The predicted octanol–water partition coefficient (Wildman–Crippen LogP) is 6.31. The molecule has 0 saturated heterocycles. The van der Waals surface area contributed by atoms with Crippen LogP contribution >= 0.6 is 0 Å². The van der Waals surface area contributed by atoms with E-state index in [1.54, 1.807) is 6.07 Å². The molecule has 154 valence electrons. The Balaban J connectivity index is 0.00000136. The first-order valence-corrected chi connectivity index (χ1v) is 10.8. The average molecular weight is 386 g/mol. The predicted molar refractivity (Wildman–Crippen MR) is 116 cm³/mol. The van der Waals surface area contributed by atoms with E-state index in [1.165, 1.54) is 0 Å². The van der Waals surface area contributed by atoms with Crippen LogP contribution in [0.15, 0.2) is 42.5 Å². The minimum absolute atomic E-state index is 0.122. The Hall–Kier alpha value is -1.87. The zero-order chi connectivity index (χ0) is 20.4. The van der Waals surface area contributed by atoms with Crippen LogP contribution in [0.3, 0.4) is 0 Å². The highest BCUT2D eigenvalue weighted by atomic mass is 19.1. The van der Waals surface area contributed by atoms with Gasteiger partial charge in [0.15, 0.2) is 0 Å². The molecule has 2 aromatic rings. The molecular weight excluding hydrogens is 349 g/mol. The van der Waals surface area contributed by atoms with Crippen molar-refractivity contribution < 1.29 is 9.13 Å². The van der Waals surface area contributed by atoms with Crippen LogP contribution in [0.5, 0.6) is 5.75 Å². The zero-order valence-corrected chi connectivity index (χ0v) is 17.9. The van der Waals surface area contributed by atoms with Crippen LogP contribution in [0.1, 0.15) is 63.6 Å². The second kappa shape index (κ2) is 11.9. The summed E-state index contributed by atoms with van der Waals surface area (Å²) in [5, 5.41) is 3.62. The highest BCUT2D eigenvalue weighted by Crippen LogP contribution is 2.28. The monoisotopic (exact) mass is 385 g/mol. The molecular formula is C25H36FNO. The third-order valence-electron chi connectivity index (χ3n) is 5.11. The van der Waals surface area contributed by atoms with E-state index in [4.69, 9.17) is 4.74 Å². The summed E-state index contributed by atoms with van der Waals surface area (Å²) in [4.78, 5) is 0. The molecule has 1 aliphatic rings. The van der Waals surface area contributed by atoms with Gasteiger partial charge >= 0.3 is 0 Å². The van der Waals surface area contributed by atoms with E-state index >= 15 is 0 Å². The summed E-state index contributed by atoms with van der Waals surface area (Å²) in [6.07, 6.45) is 5.06. The number of rotatable bonds is 7. The summed E-state index contributed by atoms with van der Waals surface area (Å²) in [6.45, 7) is 9.96. The van der Waals surface area contributed by atoms with Gasteiger partial charge in [0.1, 0.15) is 18.2 Å². The van der Waals surface area contributed by atoms with E-state index in [9.17, 15) is 4.39 Å². The Morgan fingerprint density at radius 2 is 1.89 bits per heavy atom. The molecule has 0 saturated carbocycles. The quantitative estimate of drug-likeness (QED) is 0.564. The van der Waals surface area contributed by atoms with E-state index in [-0.39, 0.29) is 5.82 Å². The van der Waals surface area contributed by atoms with Gasteiger partial charge in [0.05, 0.1) is 0 Å². The highest BCUT2D eigenvalue weighted by molar-refractivity contribution is 5.38. The molecule has 2 nitrogen and oxygen atoms in total. The van der Waals surface area contributed by atoms with Crippen molar-refractivity contribution in [3.8, 4) is 5.75 Å². The van der Waals surface area contributed by atoms with Crippen LogP contribution in [-0.2, 0) is 19.4 Å². The van der Waals surface area contributed by atoms with Gasteiger partial charge in [-0.1, -0.05) is 58.0 Å². The summed E-state index contributed by atoms with van der Waals surface area (Å²) in [5.41, 5.74) is 3.08.